The molecule has 0 unspecified atom stereocenters. The predicted molar refractivity (Wildman–Crippen MR) is 82.0 cm³/mol. The minimum atomic E-state index is -1.66. The van der Waals surface area contributed by atoms with Crippen LogP contribution in [0.1, 0.15) is 46.5 Å². The third-order valence-electron chi connectivity index (χ3n) is 4.77. The number of halogens is 2. The summed E-state index contributed by atoms with van der Waals surface area (Å²) in [7, 11) is -1.66. The molecule has 0 bridgehead atoms. The highest BCUT2D eigenvalue weighted by Gasteiger charge is 2.86. The monoisotopic (exact) mass is 308 g/mol. The van der Waals surface area contributed by atoms with E-state index >= 15 is 0 Å². The fourth-order valence-electron chi connectivity index (χ4n) is 3.81. The van der Waals surface area contributed by atoms with Crippen molar-refractivity contribution >= 4 is 31.5 Å². The Morgan fingerprint density at radius 1 is 1.00 bits per heavy atom. The topological polar surface area (TPSA) is 9.23 Å². The lowest BCUT2D eigenvalue weighted by atomic mass is 9.82. The maximum absolute atomic E-state index is 6.68. The second-order valence-electron chi connectivity index (χ2n) is 8.14. The van der Waals surface area contributed by atoms with Crippen LogP contribution in [0.25, 0.3) is 0 Å². The summed E-state index contributed by atoms with van der Waals surface area (Å²) in [6.45, 7) is 13.5. The van der Waals surface area contributed by atoms with E-state index in [9.17, 15) is 0 Å². The largest absolute Gasteiger partial charge is 0.408 e. The van der Waals surface area contributed by atoms with E-state index in [1.165, 1.54) is 12.8 Å². The van der Waals surface area contributed by atoms with E-state index in [0.29, 0.717) is 0 Å². The average molecular weight is 309 g/mol. The molecule has 2 saturated carbocycles. The van der Waals surface area contributed by atoms with Gasteiger partial charge in [-0.05, 0) is 44.3 Å². The van der Waals surface area contributed by atoms with Crippen LogP contribution in [0, 0.1) is 10.8 Å². The maximum Gasteiger partial charge on any atom is 0.184 e. The standard InChI is InChI=1S/C14H26Cl2OSi/c1-11(2)8-7-9-12(3)13(10-11,14(12,15)16)17-18(4,5)6/h7-10H2,1-6H3/t12-,13-/m0/s1. The molecule has 0 spiro atoms. The van der Waals surface area contributed by atoms with Gasteiger partial charge in [-0.25, -0.2) is 0 Å². The number of hydrogen-bond donors (Lipinski definition) is 0. The molecule has 0 aromatic rings. The van der Waals surface area contributed by atoms with E-state index in [-0.39, 0.29) is 16.4 Å². The molecule has 1 nitrogen and oxygen atoms in total. The molecule has 2 aliphatic rings. The third-order valence-corrected chi connectivity index (χ3v) is 7.17. The van der Waals surface area contributed by atoms with Gasteiger partial charge in [0.1, 0.15) is 0 Å². The average Bonchev–Trinajstić information content (AvgIpc) is 2.47. The van der Waals surface area contributed by atoms with Gasteiger partial charge in [-0.15, -0.1) is 0 Å². The Hall–Kier alpha value is 0.757. The summed E-state index contributed by atoms with van der Waals surface area (Å²) in [4.78, 5) is 0. The zero-order valence-electron chi connectivity index (χ0n) is 12.5. The lowest BCUT2D eigenvalue weighted by Crippen LogP contribution is -2.40. The maximum atomic E-state index is 6.68. The van der Waals surface area contributed by atoms with Gasteiger partial charge >= 0.3 is 0 Å². The van der Waals surface area contributed by atoms with E-state index in [4.69, 9.17) is 27.6 Å². The smallest absolute Gasteiger partial charge is 0.184 e. The van der Waals surface area contributed by atoms with Gasteiger partial charge < -0.3 is 4.43 Å². The van der Waals surface area contributed by atoms with Gasteiger partial charge in [0.15, 0.2) is 12.7 Å². The Morgan fingerprint density at radius 2 is 1.56 bits per heavy atom. The van der Waals surface area contributed by atoms with E-state index in [0.717, 1.165) is 12.8 Å². The van der Waals surface area contributed by atoms with Gasteiger partial charge in [-0.1, -0.05) is 50.4 Å². The molecule has 2 rings (SSSR count). The fraction of sp³-hybridized carbons (Fsp3) is 1.00. The van der Waals surface area contributed by atoms with Crippen molar-refractivity contribution in [3.63, 3.8) is 0 Å². The summed E-state index contributed by atoms with van der Waals surface area (Å²) in [6.07, 6.45) is 4.49. The summed E-state index contributed by atoms with van der Waals surface area (Å²) in [6, 6.07) is 0. The van der Waals surface area contributed by atoms with Gasteiger partial charge in [-0.3, -0.25) is 0 Å². The predicted octanol–water partition coefficient (Wildman–Crippen LogP) is 5.37. The van der Waals surface area contributed by atoms with Crippen molar-refractivity contribution in [3.8, 4) is 0 Å². The minimum absolute atomic E-state index is 0.0723. The fourth-order valence-corrected chi connectivity index (χ4v) is 6.46. The minimum Gasteiger partial charge on any atom is -0.408 e. The SMILES string of the molecule is CC1(C)CCC[C@]2(C)C(Cl)(Cl)[C@]2(O[Si](C)(C)C)C1. The highest BCUT2D eigenvalue weighted by molar-refractivity contribution is 6.70. The molecule has 0 amide bonds. The molecule has 2 fully saturated rings. The lowest BCUT2D eigenvalue weighted by molar-refractivity contribution is 0.0796. The van der Waals surface area contributed by atoms with Gasteiger partial charge in [0, 0.05) is 5.41 Å². The molecule has 0 saturated heterocycles. The Labute approximate surface area is 123 Å². The van der Waals surface area contributed by atoms with Crippen LogP contribution in [-0.2, 0) is 4.43 Å². The first-order valence-corrected chi connectivity index (χ1v) is 11.1. The second kappa shape index (κ2) is 3.90. The van der Waals surface area contributed by atoms with Crippen LogP contribution in [0.4, 0.5) is 0 Å². The molecule has 2 atom stereocenters. The van der Waals surface area contributed by atoms with E-state index < -0.39 is 12.7 Å². The normalized spacial score (nSPS) is 42.0. The Morgan fingerprint density at radius 3 is 2.06 bits per heavy atom. The van der Waals surface area contributed by atoms with Gasteiger partial charge in [0.2, 0.25) is 0 Å². The van der Waals surface area contributed by atoms with Crippen LogP contribution in [0.3, 0.4) is 0 Å². The third kappa shape index (κ3) is 1.99. The number of hydrogen-bond acceptors (Lipinski definition) is 1. The molecular weight excluding hydrogens is 283 g/mol. The molecule has 4 heteroatoms. The molecule has 0 radical (unpaired) electrons. The first kappa shape index (κ1) is 15.2. The van der Waals surface area contributed by atoms with E-state index in [2.05, 4.69) is 40.4 Å². The quantitative estimate of drug-likeness (QED) is 0.492. The zero-order chi connectivity index (χ0) is 14.0. The van der Waals surface area contributed by atoms with Crippen LogP contribution >= 0.6 is 23.2 Å². The summed E-state index contributed by atoms with van der Waals surface area (Å²) in [5.41, 5.74) is -0.131. The molecule has 0 aromatic heterocycles. The number of alkyl halides is 2. The van der Waals surface area contributed by atoms with Crippen molar-refractivity contribution in [2.45, 2.75) is 76.0 Å². The van der Waals surface area contributed by atoms with E-state index in [1.54, 1.807) is 0 Å². The second-order valence-corrected chi connectivity index (χ2v) is 13.9. The highest BCUT2D eigenvalue weighted by atomic mass is 35.5. The Kier molecular flexibility index (Phi) is 3.28. The van der Waals surface area contributed by atoms with Crippen LogP contribution in [0.15, 0.2) is 0 Å². The van der Waals surface area contributed by atoms with E-state index in [1.807, 2.05) is 0 Å². The van der Waals surface area contributed by atoms with Crippen molar-refractivity contribution in [1.82, 2.24) is 0 Å². The summed E-state index contributed by atoms with van der Waals surface area (Å²) in [5, 5.41) is 0. The van der Waals surface area contributed by atoms with Crippen LogP contribution in [0.2, 0.25) is 19.6 Å². The van der Waals surface area contributed by atoms with Crippen molar-refractivity contribution in [2.24, 2.45) is 10.8 Å². The van der Waals surface area contributed by atoms with Crippen molar-refractivity contribution < 1.29 is 4.43 Å². The molecular formula is C14H26Cl2OSi. The molecule has 0 aromatic carbocycles. The summed E-state index contributed by atoms with van der Waals surface area (Å²) in [5.74, 6) is 0. The first-order chi connectivity index (χ1) is 7.87. The van der Waals surface area contributed by atoms with Gasteiger partial charge in [-0.2, -0.15) is 0 Å². The van der Waals surface area contributed by atoms with Gasteiger partial charge in [0.25, 0.3) is 0 Å². The van der Waals surface area contributed by atoms with Crippen molar-refractivity contribution in [2.75, 3.05) is 0 Å². The van der Waals surface area contributed by atoms with Crippen molar-refractivity contribution in [1.29, 1.82) is 0 Å². The van der Waals surface area contributed by atoms with Crippen LogP contribution < -0.4 is 0 Å². The highest BCUT2D eigenvalue weighted by Crippen LogP contribution is 2.79. The van der Waals surface area contributed by atoms with Gasteiger partial charge in [0.05, 0.1) is 5.60 Å². The van der Waals surface area contributed by atoms with Crippen LogP contribution in [-0.4, -0.2) is 18.3 Å². The van der Waals surface area contributed by atoms with Crippen molar-refractivity contribution in [3.05, 3.63) is 0 Å². The summed E-state index contributed by atoms with van der Waals surface area (Å²) >= 11 is 13.4. The lowest BCUT2D eigenvalue weighted by Gasteiger charge is -2.34. The molecule has 0 aliphatic heterocycles. The first-order valence-electron chi connectivity index (χ1n) is 6.95. The Balaban J connectivity index is 2.39. The molecule has 106 valence electrons. The molecule has 0 heterocycles. The molecule has 0 N–H and O–H groups in total. The number of rotatable bonds is 2. The zero-order valence-corrected chi connectivity index (χ0v) is 15.0. The molecule has 2 aliphatic carbocycles. The number of fused-ring (bicyclic) bond motifs is 1. The summed E-state index contributed by atoms with van der Waals surface area (Å²) < 4.78 is 5.84. The Bertz CT molecular complexity index is 361. The van der Waals surface area contributed by atoms with Crippen LogP contribution in [0.5, 0.6) is 0 Å². The molecule has 18 heavy (non-hydrogen) atoms.